The number of aromatic nitrogens is 1. The molecule has 0 amide bonds. The minimum Gasteiger partial charge on any atom is -0.394 e. The molecule has 1 aromatic heterocycles. The van der Waals surface area contributed by atoms with Gasteiger partial charge in [0.25, 0.3) is 0 Å². The fourth-order valence-corrected chi connectivity index (χ4v) is 2.56. The van der Waals surface area contributed by atoms with Crippen LogP contribution < -0.4 is 4.90 Å². The predicted molar refractivity (Wildman–Crippen MR) is 75.4 cm³/mol. The average molecular weight is 258 g/mol. The number of benzene rings is 1. The normalized spacial score (nSPS) is 23.8. The van der Waals surface area contributed by atoms with Crippen LogP contribution in [0.2, 0.25) is 0 Å². The molecule has 2 aromatic rings. The zero-order chi connectivity index (χ0) is 13.2. The summed E-state index contributed by atoms with van der Waals surface area (Å²) in [7, 11) is 0. The molecule has 4 nitrogen and oxygen atoms in total. The van der Waals surface area contributed by atoms with Gasteiger partial charge in [-0.1, -0.05) is 24.3 Å². The largest absolute Gasteiger partial charge is 0.394 e. The third kappa shape index (κ3) is 2.29. The van der Waals surface area contributed by atoms with E-state index in [4.69, 9.17) is 4.74 Å². The molecule has 1 aliphatic heterocycles. The van der Waals surface area contributed by atoms with E-state index in [-0.39, 0.29) is 18.8 Å². The molecule has 1 aliphatic rings. The number of fused-ring (bicyclic) bond motifs is 1. The number of aliphatic hydroxyl groups excluding tert-OH is 1. The summed E-state index contributed by atoms with van der Waals surface area (Å²) in [5.41, 5.74) is 0. The number of ether oxygens (including phenoxy) is 1. The van der Waals surface area contributed by atoms with Crippen molar-refractivity contribution in [2.45, 2.75) is 19.1 Å². The van der Waals surface area contributed by atoms with Crippen molar-refractivity contribution in [1.29, 1.82) is 0 Å². The number of anilines is 1. The molecule has 1 saturated heterocycles. The van der Waals surface area contributed by atoms with E-state index in [1.54, 1.807) is 0 Å². The summed E-state index contributed by atoms with van der Waals surface area (Å²) in [6.07, 6.45) is 1.71. The zero-order valence-electron chi connectivity index (χ0n) is 11.0. The van der Waals surface area contributed by atoms with Gasteiger partial charge in [0, 0.05) is 18.1 Å². The fraction of sp³-hybridized carbons (Fsp3) is 0.400. The average Bonchev–Trinajstić information content (AvgIpc) is 2.47. The number of aliphatic hydroxyl groups is 1. The van der Waals surface area contributed by atoms with Crippen molar-refractivity contribution in [2.24, 2.45) is 0 Å². The van der Waals surface area contributed by atoms with E-state index in [1.807, 2.05) is 24.4 Å². The maximum Gasteiger partial charge on any atom is 0.136 e. The second-order valence-corrected chi connectivity index (χ2v) is 4.99. The van der Waals surface area contributed by atoms with Crippen molar-refractivity contribution < 1.29 is 9.84 Å². The Balaban J connectivity index is 2.02. The summed E-state index contributed by atoms with van der Waals surface area (Å²) in [5, 5.41) is 11.6. The second-order valence-electron chi connectivity index (χ2n) is 4.99. The van der Waals surface area contributed by atoms with Gasteiger partial charge in [-0.15, -0.1) is 0 Å². The summed E-state index contributed by atoms with van der Waals surface area (Å²) in [5.74, 6) is 0.979. The molecule has 1 N–H and O–H groups in total. The Morgan fingerprint density at radius 1 is 1.37 bits per heavy atom. The van der Waals surface area contributed by atoms with E-state index in [0.717, 1.165) is 11.2 Å². The highest BCUT2D eigenvalue weighted by molar-refractivity contribution is 5.92. The summed E-state index contributed by atoms with van der Waals surface area (Å²) in [4.78, 5) is 6.77. The molecule has 0 aliphatic carbocycles. The van der Waals surface area contributed by atoms with Gasteiger partial charge < -0.3 is 14.7 Å². The first kappa shape index (κ1) is 12.4. The van der Waals surface area contributed by atoms with Crippen LogP contribution in [0.1, 0.15) is 6.92 Å². The Morgan fingerprint density at radius 3 is 3.05 bits per heavy atom. The summed E-state index contributed by atoms with van der Waals surface area (Å²) < 4.78 is 5.58. The van der Waals surface area contributed by atoms with Gasteiger partial charge >= 0.3 is 0 Å². The van der Waals surface area contributed by atoms with Crippen LogP contribution in [0, 0.1) is 0 Å². The minimum absolute atomic E-state index is 0.0496. The molecular weight excluding hydrogens is 240 g/mol. The molecule has 1 aromatic carbocycles. The van der Waals surface area contributed by atoms with Crippen molar-refractivity contribution in [3.05, 3.63) is 36.5 Å². The van der Waals surface area contributed by atoms with Gasteiger partial charge in [-0.05, 0) is 18.4 Å². The molecule has 0 spiro atoms. The smallest absolute Gasteiger partial charge is 0.136 e. The van der Waals surface area contributed by atoms with Gasteiger partial charge in [-0.2, -0.15) is 0 Å². The highest BCUT2D eigenvalue weighted by Crippen LogP contribution is 2.27. The Kier molecular flexibility index (Phi) is 3.36. The Labute approximate surface area is 112 Å². The number of rotatable bonds is 2. The van der Waals surface area contributed by atoms with Crippen LogP contribution in [-0.4, -0.2) is 42.0 Å². The number of morpholine rings is 1. The van der Waals surface area contributed by atoms with Gasteiger partial charge in [-0.25, -0.2) is 4.98 Å². The standard InChI is InChI=1S/C15H18N2O2/c1-11-10-19-13(9-18)8-17(11)15-14-5-3-2-4-12(14)6-7-16-15/h2-7,11,13,18H,8-10H2,1H3. The maximum absolute atomic E-state index is 9.28. The molecule has 0 saturated carbocycles. The second kappa shape index (κ2) is 5.15. The summed E-state index contributed by atoms with van der Waals surface area (Å²) in [6, 6.07) is 10.5. The van der Waals surface area contributed by atoms with E-state index >= 15 is 0 Å². The van der Waals surface area contributed by atoms with E-state index in [0.29, 0.717) is 13.2 Å². The Bertz CT molecular complexity index is 568. The quantitative estimate of drug-likeness (QED) is 0.892. The van der Waals surface area contributed by atoms with Gasteiger partial charge in [0.2, 0.25) is 0 Å². The van der Waals surface area contributed by atoms with Crippen LogP contribution in [-0.2, 0) is 4.74 Å². The lowest BCUT2D eigenvalue weighted by molar-refractivity contribution is -0.0104. The van der Waals surface area contributed by atoms with Crippen molar-refractivity contribution in [2.75, 3.05) is 24.7 Å². The van der Waals surface area contributed by atoms with Gasteiger partial charge in [-0.3, -0.25) is 0 Å². The van der Waals surface area contributed by atoms with Crippen molar-refractivity contribution in [1.82, 2.24) is 4.98 Å². The lowest BCUT2D eigenvalue weighted by Gasteiger charge is -2.38. The van der Waals surface area contributed by atoms with Crippen LogP contribution in [0.15, 0.2) is 36.5 Å². The van der Waals surface area contributed by atoms with Crippen molar-refractivity contribution in [3.63, 3.8) is 0 Å². The first-order valence-corrected chi connectivity index (χ1v) is 6.62. The highest BCUT2D eigenvalue weighted by Gasteiger charge is 2.27. The van der Waals surface area contributed by atoms with E-state index < -0.39 is 0 Å². The molecule has 2 atom stereocenters. The molecule has 0 radical (unpaired) electrons. The zero-order valence-corrected chi connectivity index (χ0v) is 11.0. The minimum atomic E-state index is -0.128. The van der Waals surface area contributed by atoms with Gasteiger partial charge in [0.1, 0.15) is 5.82 Å². The lowest BCUT2D eigenvalue weighted by Crippen LogP contribution is -2.50. The van der Waals surface area contributed by atoms with E-state index in [9.17, 15) is 5.11 Å². The molecular formula is C15H18N2O2. The SMILES string of the molecule is CC1COC(CO)CN1c1nccc2ccccc12. The molecule has 0 bridgehead atoms. The van der Waals surface area contributed by atoms with Crippen molar-refractivity contribution in [3.8, 4) is 0 Å². The fourth-order valence-electron chi connectivity index (χ4n) is 2.56. The summed E-state index contributed by atoms with van der Waals surface area (Å²) in [6.45, 7) is 3.47. The van der Waals surface area contributed by atoms with E-state index in [1.165, 1.54) is 5.39 Å². The lowest BCUT2D eigenvalue weighted by atomic mass is 10.1. The van der Waals surface area contributed by atoms with Crippen LogP contribution in [0.4, 0.5) is 5.82 Å². The third-order valence-electron chi connectivity index (χ3n) is 3.63. The van der Waals surface area contributed by atoms with Gasteiger partial charge in [0.15, 0.2) is 0 Å². The number of hydrogen-bond donors (Lipinski definition) is 1. The molecule has 2 unspecified atom stereocenters. The van der Waals surface area contributed by atoms with Crippen LogP contribution >= 0.6 is 0 Å². The molecule has 1 fully saturated rings. The van der Waals surface area contributed by atoms with Gasteiger partial charge in [0.05, 0.1) is 25.4 Å². The number of hydrogen-bond acceptors (Lipinski definition) is 4. The third-order valence-corrected chi connectivity index (χ3v) is 3.63. The molecule has 100 valence electrons. The van der Waals surface area contributed by atoms with Crippen molar-refractivity contribution >= 4 is 16.6 Å². The molecule has 3 rings (SSSR count). The molecule has 19 heavy (non-hydrogen) atoms. The number of nitrogens with zero attached hydrogens (tertiary/aromatic N) is 2. The Morgan fingerprint density at radius 2 is 2.21 bits per heavy atom. The topological polar surface area (TPSA) is 45.6 Å². The predicted octanol–water partition coefficient (Wildman–Crippen LogP) is 1.82. The Hall–Kier alpha value is -1.65. The van der Waals surface area contributed by atoms with E-state index in [2.05, 4.69) is 28.9 Å². The molecule has 4 heteroatoms. The first-order chi connectivity index (χ1) is 9.29. The van der Waals surface area contributed by atoms with Crippen LogP contribution in [0.3, 0.4) is 0 Å². The number of pyridine rings is 1. The van der Waals surface area contributed by atoms with Crippen LogP contribution in [0.25, 0.3) is 10.8 Å². The molecule has 2 heterocycles. The van der Waals surface area contributed by atoms with Crippen LogP contribution in [0.5, 0.6) is 0 Å². The maximum atomic E-state index is 9.28. The highest BCUT2D eigenvalue weighted by atomic mass is 16.5. The first-order valence-electron chi connectivity index (χ1n) is 6.62. The summed E-state index contributed by atoms with van der Waals surface area (Å²) >= 11 is 0. The monoisotopic (exact) mass is 258 g/mol.